The molecule has 0 aliphatic heterocycles. The number of ether oxygens (including phenoxy) is 1. The molecule has 4 heteroatoms. The molecule has 0 aliphatic carbocycles. The molecule has 0 spiro atoms. The third kappa shape index (κ3) is 2.67. The van der Waals surface area contributed by atoms with Crippen molar-refractivity contribution in [1.29, 1.82) is 0 Å². The van der Waals surface area contributed by atoms with E-state index in [0.717, 1.165) is 16.9 Å². The number of carbonyl (C=O) groups excluding carboxylic acids is 1. The molecule has 0 fully saturated rings. The molecule has 0 saturated carbocycles. The van der Waals surface area contributed by atoms with E-state index < -0.39 is 5.97 Å². The molecule has 0 bridgehead atoms. The van der Waals surface area contributed by atoms with Crippen LogP contribution in [0.25, 0.3) is 5.69 Å². The Labute approximate surface area is 113 Å². The van der Waals surface area contributed by atoms with Crippen LogP contribution < -0.4 is 0 Å². The summed E-state index contributed by atoms with van der Waals surface area (Å²) in [5.41, 5.74) is 3.44. The van der Waals surface area contributed by atoms with Crippen LogP contribution in [0.2, 0.25) is 0 Å². The van der Waals surface area contributed by atoms with Gasteiger partial charge >= 0.3 is 5.97 Å². The van der Waals surface area contributed by atoms with E-state index in [4.69, 9.17) is 4.74 Å². The summed E-state index contributed by atoms with van der Waals surface area (Å²) in [6, 6.07) is 9.82. The highest BCUT2D eigenvalue weighted by Gasteiger charge is 2.17. The van der Waals surface area contributed by atoms with Crippen molar-refractivity contribution in [1.82, 2.24) is 9.78 Å². The lowest BCUT2D eigenvalue weighted by Crippen LogP contribution is -2.06. The fourth-order valence-corrected chi connectivity index (χ4v) is 1.98. The second-order valence-corrected chi connectivity index (χ2v) is 4.85. The summed E-state index contributed by atoms with van der Waals surface area (Å²) >= 11 is 0. The van der Waals surface area contributed by atoms with E-state index in [-0.39, 0.29) is 5.92 Å². The SMILES string of the molecule is COC(=O)c1cc(C(C)C)n(-c2cccc(C)c2)n1. The van der Waals surface area contributed by atoms with Crippen molar-refractivity contribution in [2.45, 2.75) is 26.7 Å². The Hall–Kier alpha value is -2.10. The predicted octanol–water partition coefficient (Wildman–Crippen LogP) is 3.09. The standard InChI is InChI=1S/C15H18N2O2/c1-10(2)14-9-13(15(18)19-4)16-17(14)12-7-5-6-11(3)8-12/h5-10H,1-4H3. The molecule has 4 nitrogen and oxygen atoms in total. The average molecular weight is 258 g/mol. The van der Waals surface area contributed by atoms with E-state index in [1.54, 1.807) is 6.07 Å². The summed E-state index contributed by atoms with van der Waals surface area (Å²) in [5, 5.41) is 4.36. The normalized spacial score (nSPS) is 10.8. The Balaban J connectivity index is 2.55. The van der Waals surface area contributed by atoms with Gasteiger partial charge in [-0.25, -0.2) is 9.48 Å². The number of benzene rings is 1. The maximum absolute atomic E-state index is 11.6. The largest absolute Gasteiger partial charge is 0.464 e. The monoisotopic (exact) mass is 258 g/mol. The summed E-state index contributed by atoms with van der Waals surface area (Å²) in [5.74, 6) is -0.139. The second-order valence-electron chi connectivity index (χ2n) is 4.85. The van der Waals surface area contributed by atoms with Crippen molar-refractivity contribution in [3.8, 4) is 5.69 Å². The molecule has 2 rings (SSSR count). The van der Waals surface area contributed by atoms with Gasteiger partial charge in [0.15, 0.2) is 5.69 Å². The van der Waals surface area contributed by atoms with Gasteiger partial charge in [0, 0.05) is 5.69 Å². The number of hydrogen-bond acceptors (Lipinski definition) is 3. The van der Waals surface area contributed by atoms with Gasteiger partial charge < -0.3 is 4.74 Å². The third-order valence-electron chi connectivity index (χ3n) is 2.97. The maximum Gasteiger partial charge on any atom is 0.358 e. The van der Waals surface area contributed by atoms with E-state index in [2.05, 4.69) is 18.9 Å². The number of hydrogen-bond donors (Lipinski definition) is 0. The predicted molar refractivity (Wildman–Crippen MR) is 73.7 cm³/mol. The smallest absolute Gasteiger partial charge is 0.358 e. The molecule has 0 atom stereocenters. The summed E-state index contributed by atoms with van der Waals surface area (Å²) < 4.78 is 6.54. The molecule has 0 aliphatic rings. The minimum atomic E-state index is -0.409. The van der Waals surface area contributed by atoms with Gasteiger partial charge in [0.25, 0.3) is 0 Å². The zero-order valence-corrected chi connectivity index (χ0v) is 11.7. The van der Waals surface area contributed by atoms with E-state index in [1.807, 2.05) is 35.9 Å². The minimum absolute atomic E-state index is 0.270. The molecule has 0 N–H and O–H groups in total. The van der Waals surface area contributed by atoms with Gasteiger partial charge in [0.2, 0.25) is 0 Å². The highest BCUT2D eigenvalue weighted by molar-refractivity contribution is 5.87. The number of rotatable bonds is 3. The molecule has 2 aromatic rings. The van der Waals surface area contributed by atoms with Gasteiger partial charge in [-0.3, -0.25) is 0 Å². The fourth-order valence-electron chi connectivity index (χ4n) is 1.98. The molecule has 0 unspecified atom stereocenters. The summed E-state index contributed by atoms with van der Waals surface area (Å²) in [6.45, 7) is 6.18. The lowest BCUT2D eigenvalue weighted by molar-refractivity contribution is 0.0593. The van der Waals surface area contributed by atoms with Crippen LogP contribution in [0.3, 0.4) is 0 Å². The topological polar surface area (TPSA) is 44.1 Å². The molecule has 100 valence electrons. The van der Waals surface area contributed by atoms with Crippen molar-refractivity contribution in [3.63, 3.8) is 0 Å². The van der Waals surface area contributed by atoms with Gasteiger partial charge in [-0.1, -0.05) is 26.0 Å². The maximum atomic E-state index is 11.6. The lowest BCUT2D eigenvalue weighted by Gasteiger charge is -2.10. The van der Waals surface area contributed by atoms with Crippen molar-refractivity contribution in [3.05, 3.63) is 47.3 Å². The first-order valence-electron chi connectivity index (χ1n) is 6.28. The van der Waals surface area contributed by atoms with Crippen molar-refractivity contribution >= 4 is 5.97 Å². The van der Waals surface area contributed by atoms with Crippen LogP contribution in [-0.2, 0) is 4.74 Å². The zero-order valence-electron chi connectivity index (χ0n) is 11.7. The van der Waals surface area contributed by atoms with Crippen LogP contribution in [-0.4, -0.2) is 22.9 Å². The van der Waals surface area contributed by atoms with Crippen molar-refractivity contribution in [2.24, 2.45) is 0 Å². The lowest BCUT2D eigenvalue weighted by atomic mass is 10.1. The Morgan fingerprint density at radius 3 is 2.63 bits per heavy atom. The van der Waals surface area contributed by atoms with Crippen LogP contribution in [0.5, 0.6) is 0 Å². The highest BCUT2D eigenvalue weighted by Crippen LogP contribution is 2.21. The van der Waals surface area contributed by atoms with Crippen LogP contribution in [0.1, 0.15) is 41.5 Å². The molecule has 1 heterocycles. The number of carbonyl (C=O) groups is 1. The van der Waals surface area contributed by atoms with Crippen LogP contribution >= 0.6 is 0 Å². The molecule has 0 saturated heterocycles. The number of nitrogens with zero attached hydrogens (tertiary/aromatic N) is 2. The second kappa shape index (κ2) is 5.26. The number of aryl methyl sites for hydroxylation is 1. The molecule has 1 aromatic carbocycles. The van der Waals surface area contributed by atoms with E-state index in [1.165, 1.54) is 7.11 Å². The average Bonchev–Trinajstić information content (AvgIpc) is 2.83. The van der Waals surface area contributed by atoms with E-state index >= 15 is 0 Å². The van der Waals surface area contributed by atoms with Gasteiger partial charge in [0.05, 0.1) is 12.8 Å². The number of esters is 1. The highest BCUT2D eigenvalue weighted by atomic mass is 16.5. The van der Waals surface area contributed by atoms with Crippen LogP contribution in [0.4, 0.5) is 0 Å². The Morgan fingerprint density at radius 1 is 1.32 bits per heavy atom. The molecular weight excluding hydrogens is 240 g/mol. The van der Waals surface area contributed by atoms with E-state index in [9.17, 15) is 4.79 Å². The molecular formula is C15H18N2O2. The van der Waals surface area contributed by atoms with Crippen LogP contribution in [0.15, 0.2) is 30.3 Å². The van der Waals surface area contributed by atoms with Gasteiger partial charge in [-0.2, -0.15) is 5.10 Å². The molecule has 0 radical (unpaired) electrons. The first-order valence-corrected chi connectivity index (χ1v) is 6.28. The summed E-state index contributed by atoms with van der Waals surface area (Å²) in [6.07, 6.45) is 0. The first-order chi connectivity index (χ1) is 9.02. The summed E-state index contributed by atoms with van der Waals surface area (Å²) in [4.78, 5) is 11.6. The Morgan fingerprint density at radius 2 is 2.05 bits per heavy atom. The third-order valence-corrected chi connectivity index (χ3v) is 2.97. The zero-order chi connectivity index (χ0) is 14.0. The van der Waals surface area contributed by atoms with Gasteiger partial charge in [-0.05, 0) is 36.6 Å². The molecule has 0 amide bonds. The molecule has 1 aromatic heterocycles. The Kier molecular flexibility index (Phi) is 3.69. The van der Waals surface area contributed by atoms with Gasteiger partial charge in [-0.15, -0.1) is 0 Å². The summed E-state index contributed by atoms with van der Waals surface area (Å²) in [7, 11) is 1.36. The minimum Gasteiger partial charge on any atom is -0.464 e. The van der Waals surface area contributed by atoms with E-state index in [0.29, 0.717) is 5.69 Å². The van der Waals surface area contributed by atoms with Crippen molar-refractivity contribution < 1.29 is 9.53 Å². The number of aromatic nitrogens is 2. The Bertz CT molecular complexity index is 600. The van der Waals surface area contributed by atoms with Crippen LogP contribution in [0, 0.1) is 6.92 Å². The van der Waals surface area contributed by atoms with Crippen molar-refractivity contribution in [2.75, 3.05) is 7.11 Å². The fraction of sp³-hybridized carbons (Fsp3) is 0.333. The quantitative estimate of drug-likeness (QED) is 0.795. The first kappa shape index (κ1) is 13.3. The molecule has 19 heavy (non-hydrogen) atoms. The number of methoxy groups -OCH3 is 1. The van der Waals surface area contributed by atoms with Gasteiger partial charge in [0.1, 0.15) is 0 Å².